The molecule has 5 aromatic rings. The highest BCUT2D eigenvalue weighted by molar-refractivity contribution is 7.99. The van der Waals surface area contributed by atoms with Crippen molar-refractivity contribution in [3.05, 3.63) is 150 Å². The van der Waals surface area contributed by atoms with Crippen LogP contribution in [-0.2, 0) is 32.6 Å². The minimum atomic E-state index is -3.61. The van der Waals surface area contributed by atoms with Gasteiger partial charge in [-0.2, -0.15) is 0 Å². The maximum Gasteiger partial charge on any atom is 0.240 e. The second kappa shape index (κ2) is 15.3. The molecular weight excluding hydrogens is 631 g/mol. The van der Waals surface area contributed by atoms with Crippen LogP contribution in [-0.4, -0.2) is 32.5 Å². The number of rotatable bonds is 12. The van der Waals surface area contributed by atoms with Crippen molar-refractivity contribution in [3.63, 3.8) is 0 Å². The molecule has 7 nitrogen and oxygen atoms in total. The molecule has 1 aliphatic heterocycles. The summed E-state index contributed by atoms with van der Waals surface area (Å²) in [5, 5.41) is 9.52. The van der Waals surface area contributed by atoms with Gasteiger partial charge in [0.25, 0.3) is 0 Å². The van der Waals surface area contributed by atoms with E-state index < -0.39 is 16.3 Å². The zero-order valence-corrected chi connectivity index (χ0v) is 27.6. The lowest BCUT2D eigenvalue weighted by atomic mass is 9.99. The minimum Gasteiger partial charge on any atom is -0.496 e. The third-order valence-electron chi connectivity index (χ3n) is 8.07. The van der Waals surface area contributed by atoms with E-state index in [0.29, 0.717) is 6.42 Å². The van der Waals surface area contributed by atoms with Crippen LogP contribution in [0.2, 0.25) is 0 Å². The van der Waals surface area contributed by atoms with Gasteiger partial charge < -0.3 is 19.3 Å². The van der Waals surface area contributed by atoms with Gasteiger partial charge in [-0.3, -0.25) is 0 Å². The fourth-order valence-electron chi connectivity index (χ4n) is 5.50. The van der Waals surface area contributed by atoms with E-state index in [1.54, 1.807) is 49.2 Å². The lowest BCUT2D eigenvalue weighted by molar-refractivity contribution is -0.245. The fraction of sp³-hybridized carbons (Fsp3) is 0.211. The summed E-state index contributed by atoms with van der Waals surface area (Å²) >= 11 is 1.70. The first-order valence-corrected chi connectivity index (χ1v) is 17.9. The Labute approximate surface area is 280 Å². The fourth-order valence-corrected chi connectivity index (χ4v) is 7.59. The van der Waals surface area contributed by atoms with Crippen LogP contribution in [0.5, 0.6) is 5.75 Å². The van der Waals surface area contributed by atoms with Crippen LogP contribution in [0.1, 0.15) is 41.1 Å². The molecule has 1 heterocycles. The van der Waals surface area contributed by atoms with Crippen LogP contribution in [0.3, 0.4) is 0 Å². The Kier molecular flexibility index (Phi) is 10.7. The number of sulfonamides is 1. The molecule has 1 saturated heterocycles. The molecule has 1 aliphatic rings. The van der Waals surface area contributed by atoms with Gasteiger partial charge in [-0.25, -0.2) is 13.1 Å². The lowest BCUT2D eigenvalue weighted by Crippen LogP contribution is -2.31. The molecule has 6 rings (SSSR count). The van der Waals surface area contributed by atoms with Crippen molar-refractivity contribution in [1.82, 2.24) is 4.72 Å². The highest BCUT2D eigenvalue weighted by Gasteiger charge is 2.32. The molecule has 0 unspecified atom stereocenters. The molecule has 1 fully saturated rings. The Bertz CT molecular complexity index is 1870. The monoisotopic (exact) mass is 667 g/mol. The van der Waals surface area contributed by atoms with Crippen LogP contribution in [0, 0.1) is 0 Å². The van der Waals surface area contributed by atoms with E-state index >= 15 is 0 Å². The molecule has 2 N–H and O–H groups in total. The van der Waals surface area contributed by atoms with Crippen molar-refractivity contribution >= 4 is 21.8 Å². The normalized spacial score (nSPS) is 18.1. The number of methoxy groups -OCH3 is 1. The average Bonchev–Trinajstić information content (AvgIpc) is 3.14. The Morgan fingerprint density at radius 3 is 2.26 bits per heavy atom. The molecule has 0 spiro atoms. The summed E-state index contributed by atoms with van der Waals surface area (Å²) in [7, 11) is -1.93. The summed E-state index contributed by atoms with van der Waals surface area (Å²) in [6.07, 6.45) is -0.138. The molecule has 0 radical (unpaired) electrons. The summed E-state index contributed by atoms with van der Waals surface area (Å²) in [5.41, 5.74) is 5.64. The van der Waals surface area contributed by atoms with Gasteiger partial charge in [0, 0.05) is 29.2 Å². The van der Waals surface area contributed by atoms with Crippen molar-refractivity contribution in [3.8, 4) is 16.9 Å². The van der Waals surface area contributed by atoms with Gasteiger partial charge in [0.1, 0.15) is 5.75 Å². The zero-order chi connectivity index (χ0) is 32.6. The number of nitrogens with one attached hydrogen (secondary N) is 1. The SMILES string of the molecule is COc1ccccc1SC[C@H]1C[C@@H](c2ccc(CO)cc2)O[C@@H](c2ccc(-c3cccc(CNS(=O)(=O)c4ccccc4)c3)cc2)O1. The smallest absolute Gasteiger partial charge is 0.240 e. The molecule has 242 valence electrons. The van der Waals surface area contributed by atoms with Gasteiger partial charge in [-0.1, -0.05) is 97.1 Å². The molecule has 5 aromatic carbocycles. The Balaban J connectivity index is 1.17. The Morgan fingerprint density at radius 2 is 1.51 bits per heavy atom. The molecule has 0 saturated carbocycles. The zero-order valence-electron chi connectivity index (χ0n) is 26.0. The summed E-state index contributed by atoms with van der Waals surface area (Å²) in [5.74, 6) is 1.56. The topological polar surface area (TPSA) is 94.1 Å². The van der Waals surface area contributed by atoms with E-state index in [1.165, 1.54) is 0 Å². The van der Waals surface area contributed by atoms with Crippen molar-refractivity contribution in [2.45, 2.75) is 47.9 Å². The Hall–Kier alpha value is -3.96. The molecule has 3 atom stereocenters. The third-order valence-corrected chi connectivity index (χ3v) is 10.7. The largest absolute Gasteiger partial charge is 0.496 e. The second-order valence-corrected chi connectivity index (χ2v) is 14.1. The molecule has 0 amide bonds. The van der Waals surface area contributed by atoms with Gasteiger partial charge in [0.2, 0.25) is 10.0 Å². The molecular formula is C38H37NO6S2. The van der Waals surface area contributed by atoms with Gasteiger partial charge in [-0.15, -0.1) is 11.8 Å². The highest BCUT2D eigenvalue weighted by Crippen LogP contribution is 2.40. The van der Waals surface area contributed by atoms with Crippen LogP contribution >= 0.6 is 11.8 Å². The first kappa shape index (κ1) is 33.0. The van der Waals surface area contributed by atoms with Gasteiger partial charge in [0.05, 0.1) is 30.8 Å². The van der Waals surface area contributed by atoms with Gasteiger partial charge >= 0.3 is 0 Å². The third kappa shape index (κ3) is 8.31. The van der Waals surface area contributed by atoms with E-state index in [1.807, 2.05) is 91.0 Å². The average molecular weight is 668 g/mol. The molecule has 0 aromatic heterocycles. The highest BCUT2D eigenvalue weighted by atomic mass is 32.2. The number of para-hydroxylation sites is 1. The maximum absolute atomic E-state index is 12.7. The summed E-state index contributed by atoms with van der Waals surface area (Å²) < 4.78 is 46.7. The van der Waals surface area contributed by atoms with Crippen LogP contribution < -0.4 is 9.46 Å². The van der Waals surface area contributed by atoms with E-state index in [0.717, 1.165) is 49.8 Å². The molecule has 47 heavy (non-hydrogen) atoms. The lowest BCUT2D eigenvalue weighted by Gasteiger charge is -2.36. The first-order chi connectivity index (χ1) is 22.9. The van der Waals surface area contributed by atoms with Crippen molar-refractivity contribution in [1.29, 1.82) is 0 Å². The van der Waals surface area contributed by atoms with E-state index in [2.05, 4.69) is 10.8 Å². The first-order valence-electron chi connectivity index (χ1n) is 15.4. The maximum atomic E-state index is 12.7. The van der Waals surface area contributed by atoms with Crippen LogP contribution in [0.15, 0.2) is 137 Å². The van der Waals surface area contributed by atoms with Gasteiger partial charge in [0.15, 0.2) is 6.29 Å². The molecule has 9 heteroatoms. The van der Waals surface area contributed by atoms with E-state index in [9.17, 15) is 13.5 Å². The summed E-state index contributed by atoms with van der Waals surface area (Å²) in [4.78, 5) is 1.30. The van der Waals surface area contributed by atoms with Crippen molar-refractivity contribution in [2.24, 2.45) is 0 Å². The van der Waals surface area contributed by atoms with Crippen molar-refractivity contribution < 1.29 is 27.7 Å². The van der Waals surface area contributed by atoms with Crippen LogP contribution in [0.25, 0.3) is 11.1 Å². The number of aliphatic hydroxyl groups is 1. The predicted octanol–water partition coefficient (Wildman–Crippen LogP) is 7.67. The molecule has 0 bridgehead atoms. The van der Waals surface area contributed by atoms with Gasteiger partial charge in [-0.05, 0) is 58.1 Å². The minimum absolute atomic E-state index is 0.00568. The molecule has 0 aliphatic carbocycles. The van der Waals surface area contributed by atoms with E-state index in [4.69, 9.17) is 14.2 Å². The van der Waals surface area contributed by atoms with Crippen molar-refractivity contribution in [2.75, 3.05) is 12.9 Å². The Morgan fingerprint density at radius 1 is 0.787 bits per heavy atom. The number of aliphatic hydroxyl groups excluding tert-OH is 1. The summed E-state index contributed by atoms with van der Waals surface area (Å²) in [6.45, 7) is 0.177. The number of hydrogen-bond acceptors (Lipinski definition) is 7. The van der Waals surface area contributed by atoms with Crippen LogP contribution in [0.4, 0.5) is 0 Å². The number of thioether (sulfide) groups is 1. The quantitative estimate of drug-likeness (QED) is 0.132. The number of benzene rings is 5. The second-order valence-electron chi connectivity index (χ2n) is 11.3. The predicted molar refractivity (Wildman–Crippen MR) is 184 cm³/mol. The number of hydrogen-bond donors (Lipinski definition) is 2. The number of ether oxygens (including phenoxy) is 3. The summed E-state index contributed by atoms with van der Waals surface area (Å²) in [6, 6.07) is 40.2. The standard InChI is InChI=1S/C38H37NO6S2/c1-43-35-12-5-6-13-37(35)46-26-33-23-36(30-16-14-27(25-40)15-17-30)45-38(44-33)31-20-18-29(19-21-31)32-9-7-8-28(22-32)24-39-47(41,42)34-10-3-2-4-11-34/h2-22,33,36,38-40H,23-26H2,1H3/t33-,36+,38+/m1/s1. The van der Waals surface area contributed by atoms with E-state index in [-0.39, 0.29) is 30.3 Å².